The number of carbonyl (C=O) groups excluding carboxylic acids is 2. The van der Waals surface area contributed by atoms with Crippen LogP contribution in [0.2, 0.25) is 0 Å². The van der Waals surface area contributed by atoms with Crippen LogP contribution in [0.3, 0.4) is 0 Å². The minimum absolute atomic E-state index is 0.000888. The van der Waals surface area contributed by atoms with Crippen LogP contribution in [0, 0.1) is 17.8 Å². The van der Waals surface area contributed by atoms with Gasteiger partial charge in [0.1, 0.15) is 6.61 Å². The van der Waals surface area contributed by atoms with Crippen molar-refractivity contribution >= 4 is 18.0 Å². The lowest BCUT2D eigenvalue weighted by molar-refractivity contribution is -0.139. The molecule has 7 nitrogen and oxygen atoms in total. The maximum absolute atomic E-state index is 12.6. The average Bonchev–Trinajstić information content (AvgIpc) is 3.51. The molecule has 0 heterocycles. The smallest absolute Gasteiger partial charge is 0.407 e. The molecular weight excluding hydrogens is 420 g/mol. The number of hydrogen-bond acceptors (Lipinski definition) is 4. The van der Waals surface area contributed by atoms with Gasteiger partial charge in [-0.1, -0.05) is 62.4 Å². The number of hydrogen-bond donors (Lipinski definition) is 3. The second kappa shape index (κ2) is 9.65. The fraction of sp³-hybridized carbons (Fsp3) is 0.423. The van der Waals surface area contributed by atoms with E-state index in [0.29, 0.717) is 13.0 Å². The third kappa shape index (κ3) is 5.18. The van der Waals surface area contributed by atoms with Gasteiger partial charge < -0.3 is 20.5 Å². The van der Waals surface area contributed by atoms with Crippen LogP contribution in [0.15, 0.2) is 48.5 Å². The Balaban J connectivity index is 1.30. The summed E-state index contributed by atoms with van der Waals surface area (Å²) in [6.45, 7) is 4.44. The number of amides is 2. The van der Waals surface area contributed by atoms with E-state index in [-0.39, 0.29) is 48.6 Å². The average molecular weight is 451 g/mol. The van der Waals surface area contributed by atoms with E-state index in [1.54, 1.807) is 0 Å². The first-order valence-electron chi connectivity index (χ1n) is 11.5. The Morgan fingerprint density at radius 2 is 1.64 bits per heavy atom. The quantitative estimate of drug-likeness (QED) is 0.539. The fourth-order valence-electron chi connectivity index (χ4n) is 4.54. The summed E-state index contributed by atoms with van der Waals surface area (Å²) >= 11 is 0. The molecule has 0 aliphatic heterocycles. The Bertz CT molecular complexity index is 1000. The van der Waals surface area contributed by atoms with Crippen LogP contribution >= 0.6 is 0 Å². The van der Waals surface area contributed by atoms with Crippen molar-refractivity contribution in [3.63, 3.8) is 0 Å². The number of ether oxygens (including phenoxy) is 1. The van der Waals surface area contributed by atoms with Crippen LogP contribution < -0.4 is 10.6 Å². The molecule has 7 heteroatoms. The number of aliphatic carboxylic acids is 1. The van der Waals surface area contributed by atoms with Crippen LogP contribution in [0.5, 0.6) is 0 Å². The SMILES string of the molecule is CC(C)C(CC(=O)NC[C@@H]1C[C@@H]1C(=O)O)NC(=O)OCC1c2ccccc2-c2ccccc21. The Hall–Kier alpha value is -3.35. The van der Waals surface area contributed by atoms with Gasteiger partial charge in [-0.05, 0) is 40.5 Å². The van der Waals surface area contributed by atoms with Crippen LogP contribution in [-0.4, -0.2) is 42.3 Å². The van der Waals surface area contributed by atoms with Gasteiger partial charge in [0.25, 0.3) is 0 Å². The van der Waals surface area contributed by atoms with Crippen molar-refractivity contribution in [1.82, 2.24) is 10.6 Å². The molecule has 2 aromatic rings. The topological polar surface area (TPSA) is 105 Å². The summed E-state index contributed by atoms with van der Waals surface area (Å²) in [5, 5.41) is 14.6. The molecule has 174 valence electrons. The number of rotatable bonds is 9. The number of carboxylic acids is 1. The lowest BCUT2D eigenvalue weighted by Crippen LogP contribution is -2.43. The molecule has 3 atom stereocenters. The fourth-order valence-corrected chi connectivity index (χ4v) is 4.54. The van der Waals surface area contributed by atoms with Crippen molar-refractivity contribution in [3.8, 4) is 11.1 Å². The molecule has 3 N–H and O–H groups in total. The maximum atomic E-state index is 12.6. The van der Waals surface area contributed by atoms with E-state index in [1.807, 2.05) is 38.1 Å². The largest absolute Gasteiger partial charge is 0.481 e. The van der Waals surface area contributed by atoms with E-state index in [1.165, 1.54) is 11.1 Å². The number of alkyl carbamates (subject to hydrolysis) is 1. The highest BCUT2D eigenvalue weighted by Gasteiger charge is 2.43. The van der Waals surface area contributed by atoms with Crippen LogP contribution in [-0.2, 0) is 14.3 Å². The molecule has 0 aromatic heterocycles. The molecule has 0 spiro atoms. The normalized spacial score (nSPS) is 19.4. The van der Waals surface area contributed by atoms with E-state index >= 15 is 0 Å². The van der Waals surface area contributed by atoms with Crippen molar-refractivity contribution in [3.05, 3.63) is 59.7 Å². The number of fused-ring (bicyclic) bond motifs is 3. The Morgan fingerprint density at radius 1 is 1.03 bits per heavy atom. The molecule has 4 rings (SSSR count). The molecule has 2 aliphatic carbocycles. The molecule has 1 unspecified atom stereocenters. The predicted molar refractivity (Wildman–Crippen MR) is 124 cm³/mol. The first-order valence-corrected chi connectivity index (χ1v) is 11.5. The lowest BCUT2D eigenvalue weighted by Gasteiger charge is -2.22. The predicted octanol–water partition coefficient (Wildman–Crippen LogP) is 3.78. The second-order valence-corrected chi connectivity index (χ2v) is 9.27. The molecule has 2 aliphatic rings. The van der Waals surface area contributed by atoms with Crippen LogP contribution in [0.1, 0.15) is 43.7 Å². The van der Waals surface area contributed by atoms with Gasteiger partial charge in [0.05, 0.1) is 5.92 Å². The van der Waals surface area contributed by atoms with E-state index in [9.17, 15) is 14.4 Å². The van der Waals surface area contributed by atoms with Gasteiger partial charge in [0, 0.05) is 24.9 Å². The monoisotopic (exact) mass is 450 g/mol. The molecule has 2 amide bonds. The Kier molecular flexibility index (Phi) is 6.67. The molecule has 2 aromatic carbocycles. The molecular formula is C26H30N2O5. The number of nitrogens with one attached hydrogen (secondary N) is 2. The van der Waals surface area contributed by atoms with Crippen molar-refractivity contribution < 1.29 is 24.2 Å². The first-order chi connectivity index (χ1) is 15.8. The minimum Gasteiger partial charge on any atom is -0.481 e. The van der Waals surface area contributed by atoms with Gasteiger partial charge in [-0.25, -0.2) is 4.79 Å². The molecule has 1 fully saturated rings. The number of carbonyl (C=O) groups is 3. The van der Waals surface area contributed by atoms with E-state index < -0.39 is 12.1 Å². The van der Waals surface area contributed by atoms with Gasteiger partial charge >= 0.3 is 12.1 Å². The molecule has 0 bridgehead atoms. The van der Waals surface area contributed by atoms with Crippen molar-refractivity contribution in [2.24, 2.45) is 17.8 Å². The summed E-state index contributed by atoms with van der Waals surface area (Å²) in [5.74, 6) is -1.37. The molecule has 0 saturated heterocycles. The summed E-state index contributed by atoms with van der Waals surface area (Å²) in [7, 11) is 0. The number of benzene rings is 2. The van der Waals surface area contributed by atoms with Crippen LogP contribution in [0.4, 0.5) is 4.79 Å². The third-order valence-electron chi connectivity index (χ3n) is 6.66. The van der Waals surface area contributed by atoms with Gasteiger partial charge in [0.15, 0.2) is 0 Å². The van der Waals surface area contributed by atoms with Gasteiger partial charge in [-0.15, -0.1) is 0 Å². The van der Waals surface area contributed by atoms with Gasteiger partial charge in [-0.2, -0.15) is 0 Å². The zero-order valence-corrected chi connectivity index (χ0v) is 18.9. The molecule has 1 saturated carbocycles. The summed E-state index contributed by atoms with van der Waals surface area (Å²) in [5.41, 5.74) is 4.62. The summed E-state index contributed by atoms with van der Waals surface area (Å²) < 4.78 is 5.60. The highest BCUT2D eigenvalue weighted by molar-refractivity contribution is 5.80. The summed E-state index contributed by atoms with van der Waals surface area (Å²) in [6, 6.07) is 15.9. The minimum atomic E-state index is -0.814. The van der Waals surface area contributed by atoms with E-state index in [0.717, 1.165) is 11.1 Å². The lowest BCUT2D eigenvalue weighted by atomic mass is 9.98. The van der Waals surface area contributed by atoms with Crippen LogP contribution in [0.25, 0.3) is 11.1 Å². The maximum Gasteiger partial charge on any atom is 0.407 e. The highest BCUT2D eigenvalue weighted by Crippen LogP contribution is 2.44. The standard InChI is InChI=1S/C26H30N2O5/c1-15(2)23(12-24(29)27-13-16-11-21(16)25(30)31)28-26(32)33-14-22-19-9-5-3-7-17(19)18-8-4-6-10-20(18)22/h3-10,15-16,21-23H,11-14H2,1-2H3,(H,27,29)(H,28,32)(H,30,31)/t16-,21-,23?/m0/s1. The molecule has 0 radical (unpaired) electrons. The summed E-state index contributed by atoms with van der Waals surface area (Å²) in [4.78, 5) is 35.8. The first kappa shape index (κ1) is 22.8. The Morgan fingerprint density at radius 3 is 2.18 bits per heavy atom. The second-order valence-electron chi connectivity index (χ2n) is 9.27. The third-order valence-corrected chi connectivity index (χ3v) is 6.66. The van der Waals surface area contributed by atoms with Crippen molar-refractivity contribution in [2.45, 2.75) is 38.6 Å². The van der Waals surface area contributed by atoms with E-state index in [2.05, 4.69) is 34.9 Å². The van der Waals surface area contributed by atoms with E-state index in [4.69, 9.17) is 9.84 Å². The van der Waals surface area contributed by atoms with Crippen molar-refractivity contribution in [2.75, 3.05) is 13.2 Å². The number of carboxylic acid groups (broad SMARTS) is 1. The van der Waals surface area contributed by atoms with Crippen molar-refractivity contribution in [1.29, 1.82) is 0 Å². The zero-order valence-electron chi connectivity index (χ0n) is 18.9. The zero-order chi connectivity index (χ0) is 23.5. The van der Waals surface area contributed by atoms with Gasteiger partial charge in [0.2, 0.25) is 5.91 Å². The summed E-state index contributed by atoms with van der Waals surface area (Å²) in [6.07, 6.45) is 0.171. The Labute approximate surface area is 193 Å². The molecule has 33 heavy (non-hydrogen) atoms. The highest BCUT2D eigenvalue weighted by atomic mass is 16.5. The van der Waals surface area contributed by atoms with Gasteiger partial charge in [-0.3, -0.25) is 9.59 Å².